The molecule has 0 unspecified atom stereocenters. The Balaban J connectivity index is 6.94. The first-order chi connectivity index (χ1) is 20.1. The van der Waals surface area contributed by atoms with Gasteiger partial charge in [-0.1, -0.05) is 40.0 Å². The van der Waals surface area contributed by atoms with E-state index in [1.807, 2.05) is 0 Å². The van der Waals surface area contributed by atoms with Crippen molar-refractivity contribution in [3.8, 4) is 0 Å². The normalized spacial score (nSPS) is 15.9. The van der Waals surface area contributed by atoms with Crippen molar-refractivity contribution in [1.29, 1.82) is 0 Å². The van der Waals surface area contributed by atoms with Crippen LogP contribution in [0.5, 0.6) is 0 Å². The van der Waals surface area contributed by atoms with Gasteiger partial charge in [0.25, 0.3) is 0 Å². The molecule has 278 valence electrons. The molecule has 0 nitrogen and oxygen atoms in total. The largest absolute Gasteiger partial charge is 0.460 e. The van der Waals surface area contributed by atoms with Crippen LogP contribution in [0.2, 0.25) is 0 Å². The molecule has 0 aromatic heterocycles. The molecule has 0 saturated heterocycles. The Kier molecular flexibility index (Phi) is 13.7. The van der Waals surface area contributed by atoms with Gasteiger partial charge in [-0.2, -0.15) is 92.2 Å². The van der Waals surface area contributed by atoms with E-state index in [4.69, 9.17) is 0 Å². The monoisotopic (exact) mass is 749 g/mol. The van der Waals surface area contributed by atoms with Crippen molar-refractivity contribution in [2.24, 2.45) is 0 Å². The number of hydrogen-bond donors (Lipinski definition) is 0. The van der Waals surface area contributed by atoms with Crippen LogP contribution in [0.15, 0.2) is 0 Å². The van der Waals surface area contributed by atoms with Crippen LogP contribution in [-0.4, -0.2) is 84.1 Å². The maximum Gasteiger partial charge on any atom is 0.460 e. The van der Waals surface area contributed by atoms with Gasteiger partial charge in [0.15, 0.2) is 0 Å². The zero-order valence-corrected chi connectivity index (χ0v) is 25.1. The van der Waals surface area contributed by atoms with Crippen molar-refractivity contribution >= 4 is 7.26 Å². The molecule has 0 spiro atoms. The van der Waals surface area contributed by atoms with E-state index in [-0.39, 0.29) is 18.5 Å². The van der Waals surface area contributed by atoms with E-state index in [1.165, 1.54) is 0 Å². The third-order valence-corrected chi connectivity index (χ3v) is 12.4. The highest BCUT2D eigenvalue weighted by Crippen LogP contribution is 2.67. The van der Waals surface area contributed by atoms with Crippen LogP contribution in [0.25, 0.3) is 0 Å². The zero-order chi connectivity index (χ0) is 37.3. The lowest BCUT2D eigenvalue weighted by Gasteiger charge is -2.44. The quantitative estimate of drug-likeness (QED) is 0.0859. The number of alkyl halides is 21. The molecule has 0 aliphatic heterocycles. The second kappa shape index (κ2) is 14.1. The Morgan fingerprint density at radius 1 is 0.326 bits per heavy atom. The Labute approximate surface area is 250 Å². The van der Waals surface area contributed by atoms with Crippen molar-refractivity contribution in [2.75, 3.05) is 24.6 Å². The molecule has 0 heterocycles. The highest BCUT2D eigenvalue weighted by Gasteiger charge is 2.97. The van der Waals surface area contributed by atoms with Crippen molar-refractivity contribution < 1.29 is 92.2 Å². The van der Waals surface area contributed by atoms with Crippen LogP contribution < -0.4 is 0 Å². The molecule has 0 aromatic carbocycles. The summed E-state index contributed by atoms with van der Waals surface area (Å²) in [5.41, 5.74) is 0. The molecule has 0 aliphatic carbocycles. The molecule has 0 amide bonds. The lowest BCUT2D eigenvalue weighted by molar-refractivity contribution is -0.474. The number of rotatable bonds is 20. The fraction of sp³-hybridized carbons (Fsp3) is 1.00. The Morgan fingerprint density at radius 3 is 0.804 bits per heavy atom. The lowest BCUT2D eigenvalue weighted by Crippen LogP contribution is -2.76. The van der Waals surface area contributed by atoms with Crippen molar-refractivity contribution in [3.05, 3.63) is 0 Å². The zero-order valence-electron chi connectivity index (χ0n) is 24.2. The summed E-state index contributed by atoms with van der Waals surface area (Å²) in [6.07, 6.45) is -9.05. The summed E-state index contributed by atoms with van der Waals surface area (Å²) in [6, 6.07) is 0. The van der Waals surface area contributed by atoms with Crippen LogP contribution in [0, 0.1) is 0 Å². The first kappa shape index (κ1) is 45.0. The molecule has 0 atom stereocenters. The molecular weight excluding hydrogens is 718 g/mol. The second-order valence-electron chi connectivity index (χ2n) is 10.8. The van der Waals surface area contributed by atoms with E-state index < -0.39 is 79.3 Å². The summed E-state index contributed by atoms with van der Waals surface area (Å²) >= 11 is 0. The smallest absolute Gasteiger partial charge is 0.199 e. The summed E-state index contributed by atoms with van der Waals surface area (Å²) < 4.78 is 287. The maximum atomic E-state index is 14.6. The van der Waals surface area contributed by atoms with E-state index in [2.05, 4.69) is 0 Å². The van der Waals surface area contributed by atoms with Crippen LogP contribution in [0.1, 0.15) is 65.7 Å². The van der Waals surface area contributed by atoms with Gasteiger partial charge in [0.05, 0.1) is 31.1 Å². The number of unbranched alkanes of at least 4 members (excludes halogenated alkanes) is 3. The number of hydrogen-bond acceptors (Lipinski definition) is 0. The molecule has 0 radical (unpaired) electrons. The SMILES string of the molecule is CCCC[P+](CCCC)(CCCC)CCC(F)(F)C(F)(F)C(F)(F)C(F)(F)C(F)(F)C(F)(F)C(F)(F)C(F)(F)C(F)(F)C(F)(F)F. The van der Waals surface area contributed by atoms with Crippen LogP contribution in [-0.2, 0) is 0 Å². The van der Waals surface area contributed by atoms with Gasteiger partial charge < -0.3 is 0 Å². The maximum absolute atomic E-state index is 14.6. The molecule has 22 heteroatoms. The first-order valence-electron chi connectivity index (χ1n) is 13.5. The van der Waals surface area contributed by atoms with Gasteiger partial charge in [-0.05, 0) is 19.3 Å². The van der Waals surface area contributed by atoms with E-state index in [0.717, 1.165) is 0 Å². The van der Waals surface area contributed by atoms with Crippen molar-refractivity contribution in [1.82, 2.24) is 0 Å². The standard InChI is InChI=1S/C24H31F21P/c1-4-7-11-46(12-8-5-2,13-9-6-3)14-10-15(25,26)16(27,28)17(29,30)18(31,32)19(33,34)20(35,36)21(37,38)22(39,40)23(41,42)24(43,44)45/h4-14H2,1-3H3/q+1. The minimum atomic E-state index is -9.14. The summed E-state index contributed by atoms with van der Waals surface area (Å²) in [5, 5.41) is 0. The molecule has 46 heavy (non-hydrogen) atoms. The molecule has 0 bridgehead atoms. The van der Waals surface area contributed by atoms with Gasteiger partial charge >= 0.3 is 59.5 Å². The van der Waals surface area contributed by atoms with Crippen molar-refractivity contribution in [2.45, 2.75) is 125 Å². The Bertz CT molecular complexity index is 948. The average Bonchev–Trinajstić information content (AvgIpc) is 2.90. The highest BCUT2D eigenvalue weighted by atomic mass is 31.2. The van der Waals surface area contributed by atoms with E-state index in [9.17, 15) is 92.2 Å². The molecule has 0 N–H and O–H groups in total. The van der Waals surface area contributed by atoms with Crippen molar-refractivity contribution in [3.63, 3.8) is 0 Å². The van der Waals surface area contributed by atoms with Gasteiger partial charge in [0, 0.05) is 7.26 Å². The molecule has 0 saturated carbocycles. The van der Waals surface area contributed by atoms with E-state index in [0.29, 0.717) is 38.5 Å². The fourth-order valence-corrected chi connectivity index (χ4v) is 9.33. The number of halogens is 21. The van der Waals surface area contributed by atoms with Gasteiger partial charge in [0.2, 0.25) is 0 Å². The molecule has 0 aliphatic rings. The van der Waals surface area contributed by atoms with E-state index >= 15 is 0 Å². The second-order valence-corrected chi connectivity index (χ2v) is 15.3. The van der Waals surface area contributed by atoms with E-state index in [1.54, 1.807) is 20.8 Å². The molecular formula is C24H31F21P+. The van der Waals surface area contributed by atoms with Gasteiger partial charge in [-0.15, -0.1) is 0 Å². The Morgan fingerprint density at radius 2 is 0.565 bits per heavy atom. The molecule has 0 fully saturated rings. The highest BCUT2D eigenvalue weighted by molar-refractivity contribution is 7.75. The fourth-order valence-electron chi connectivity index (χ4n) is 4.28. The third kappa shape index (κ3) is 7.28. The van der Waals surface area contributed by atoms with Crippen LogP contribution in [0.3, 0.4) is 0 Å². The molecule has 0 aromatic rings. The van der Waals surface area contributed by atoms with Gasteiger partial charge in [-0.25, -0.2) is 0 Å². The minimum Gasteiger partial charge on any atom is -0.199 e. The van der Waals surface area contributed by atoms with Crippen LogP contribution in [0.4, 0.5) is 92.2 Å². The van der Waals surface area contributed by atoms with Crippen LogP contribution >= 0.6 is 7.26 Å². The van der Waals surface area contributed by atoms with Gasteiger partial charge in [0.1, 0.15) is 0 Å². The Hall–Kier alpha value is -1.04. The predicted molar refractivity (Wildman–Crippen MR) is 126 cm³/mol. The summed E-state index contributed by atoms with van der Waals surface area (Å²) in [7, 11) is -2.79. The average molecular weight is 749 g/mol. The minimum absolute atomic E-state index is 0.105. The van der Waals surface area contributed by atoms with Gasteiger partial charge in [-0.3, -0.25) is 0 Å². The first-order valence-corrected chi connectivity index (χ1v) is 16.0. The summed E-state index contributed by atoms with van der Waals surface area (Å²) in [6.45, 7) is 4.87. The predicted octanol–water partition coefficient (Wildman–Crippen LogP) is 12.1. The third-order valence-electron chi connectivity index (χ3n) is 7.43. The summed E-state index contributed by atoms with van der Waals surface area (Å²) in [4.78, 5) is 0. The topological polar surface area (TPSA) is 0 Å². The molecule has 0 rings (SSSR count). The summed E-state index contributed by atoms with van der Waals surface area (Å²) in [5.74, 6) is -76.4. The lowest BCUT2D eigenvalue weighted by atomic mass is 9.86.